The zero-order chi connectivity index (χ0) is 15.6. The number of carbonyl (C=O) groups excluding carboxylic acids is 1. The number of rotatable bonds is 3. The van der Waals surface area contributed by atoms with Crippen LogP contribution in [0.3, 0.4) is 0 Å². The number of nitro benzene ring substituents is 1. The van der Waals surface area contributed by atoms with Crippen molar-refractivity contribution < 1.29 is 9.72 Å². The second kappa shape index (κ2) is 6.26. The summed E-state index contributed by atoms with van der Waals surface area (Å²) in [5.41, 5.74) is -0.281. The van der Waals surface area contributed by atoms with Crippen LogP contribution in [-0.4, -0.2) is 15.8 Å². The van der Waals surface area contributed by atoms with Crippen molar-refractivity contribution in [3.05, 3.63) is 61.3 Å². The predicted octanol–water partition coefficient (Wildman–Crippen LogP) is 4.20. The van der Waals surface area contributed by atoms with Crippen molar-refractivity contribution >= 4 is 52.1 Å². The lowest BCUT2D eigenvalue weighted by Crippen LogP contribution is -2.14. The fraction of sp³-hybridized carbons (Fsp3) is 0. The van der Waals surface area contributed by atoms with Gasteiger partial charge in [-0.2, -0.15) is 0 Å². The van der Waals surface area contributed by atoms with E-state index in [1.165, 1.54) is 30.5 Å². The maximum atomic E-state index is 12.1. The first-order valence-corrected chi connectivity index (χ1v) is 6.58. The SMILES string of the molecule is O=C(Nc1cc(Cl)ccc1[N+](=O)[O-])c1cc(Cl)ncc1Cl. The van der Waals surface area contributed by atoms with Crippen molar-refractivity contribution in [1.29, 1.82) is 0 Å². The molecule has 0 unspecified atom stereocenters. The summed E-state index contributed by atoms with van der Waals surface area (Å²) in [6, 6.07) is 5.08. The smallest absolute Gasteiger partial charge is 0.292 e. The maximum absolute atomic E-state index is 12.1. The molecule has 0 radical (unpaired) electrons. The monoisotopic (exact) mass is 345 g/mol. The van der Waals surface area contributed by atoms with Crippen molar-refractivity contribution in [2.45, 2.75) is 0 Å². The molecule has 0 fully saturated rings. The zero-order valence-corrected chi connectivity index (χ0v) is 12.4. The lowest BCUT2D eigenvalue weighted by atomic mass is 10.2. The van der Waals surface area contributed by atoms with E-state index in [1.54, 1.807) is 0 Å². The molecule has 0 aliphatic carbocycles. The summed E-state index contributed by atoms with van der Waals surface area (Å²) in [6.45, 7) is 0. The Hall–Kier alpha value is -1.89. The number of nitrogens with zero attached hydrogens (tertiary/aromatic N) is 2. The van der Waals surface area contributed by atoms with Crippen LogP contribution in [0.1, 0.15) is 10.4 Å². The van der Waals surface area contributed by atoms with Crippen molar-refractivity contribution in [3.8, 4) is 0 Å². The standard InChI is InChI=1S/C12H6Cl3N3O3/c13-6-1-2-10(18(20)21)9(3-6)17-12(19)7-4-11(15)16-5-8(7)14/h1-5H,(H,17,19). The average molecular weight is 347 g/mol. The summed E-state index contributed by atoms with van der Waals surface area (Å²) in [6.07, 6.45) is 1.21. The highest BCUT2D eigenvalue weighted by molar-refractivity contribution is 6.35. The Bertz CT molecular complexity index is 737. The minimum atomic E-state index is -0.658. The number of halogens is 3. The summed E-state index contributed by atoms with van der Waals surface area (Å²) in [7, 11) is 0. The first-order chi connectivity index (χ1) is 9.88. The zero-order valence-electron chi connectivity index (χ0n) is 10.1. The normalized spacial score (nSPS) is 10.2. The lowest BCUT2D eigenvalue weighted by molar-refractivity contribution is -0.383. The highest BCUT2D eigenvalue weighted by Gasteiger charge is 2.19. The number of hydrogen-bond acceptors (Lipinski definition) is 4. The molecule has 0 aliphatic rings. The fourth-order valence-electron chi connectivity index (χ4n) is 1.54. The van der Waals surface area contributed by atoms with E-state index in [9.17, 15) is 14.9 Å². The van der Waals surface area contributed by atoms with Crippen molar-refractivity contribution in [2.24, 2.45) is 0 Å². The average Bonchev–Trinajstić information content (AvgIpc) is 2.41. The van der Waals surface area contributed by atoms with Crippen molar-refractivity contribution in [1.82, 2.24) is 4.98 Å². The van der Waals surface area contributed by atoms with Crippen molar-refractivity contribution in [3.63, 3.8) is 0 Å². The van der Waals surface area contributed by atoms with E-state index in [4.69, 9.17) is 34.8 Å². The number of aromatic nitrogens is 1. The van der Waals surface area contributed by atoms with Crippen LogP contribution in [0.2, 0.25) is 15.2 Å². The van der Waals surface area contributed by atoms with E-state index in [-0.39, 0.29) is 32.1 Å². The highest BCUT2D eigenvalue weighted by Crippen LogP contribution is 2.29. The van der Waals surface area contributed by atoms with Crippen LogP contribution >= 0.6 is 34.8 Å². The van der Waals surface area contributed by atoms with Crippen LogP contribution in [0.15, 0.2) is 30.5 Å². The molecular weight excluding hydrogens is 341 g/mol. The van der Waals surface area contributed by atoms with Crippen LogP contribution in [0.25, 0.3) is 0 Å². The van der Waals surface area contributed by atoms with Crippen molar-refractivity contribution in [2.75, 3.05) is 5.32 Å². The van der Waals surface area contributed by atoms with Gasteiger partial charge < -0.3 is 5.32 Å². The molecule has 1 N–H and O–H groups in total. The van der Waals surface area contributed by atoms with Gasteiger partial charge in [-0.15, -0.1) is 0 Å². The Labute approximate surface area is 133 Å². The summed E-state index contributed by atoms with van der Waals surface area (Å²) in [4.78, 5) is 26.1. The Kier molecular flexibility index (Phi) is 4.62. The summed E-state index contributed by atoms with van der Waals surface area (Å²) in [5, 5.41) is 13.7. The molecular formula is C12H6Cl3N3O3. The molecule has 0 saturated carbocycles. The number of nitrogens with one attached hydrogen (secondary N) is 1. The Morgan fingerprint density at radius 3 is 2.62 bits per heavy atom. The molecule has 0 spiro atoms. The van der Waals surface area contributed by atoms with Gasteiger partial charge in [0.15, 0.2) is 0 Å². The lowest BCUT2D eigenvalue weighted by Gasteiger charge is -2.08. The van der Waals surface area contributed by atoms with E-state index < -0.39 is 10.8 Å². The van der Waals surface area contributed by atoms with Gasteiger partial charge in [0.05, 0.1) is 15.5 Å². The summed E-state index contributed by atoms with van der Waals surface area (Å²) >= 11 is 17.3. The summed E-state index contributed by atoms with van der Waals surface area (Å²) < 4.78 is 0. The van der Waals surface area contributed by atoms with Gasteiger partial charge in [-0.05, 0) is 18.2 Å². The van der Waals surface area contributed by atoms with Gasteiger partial charge in [0.2, 0.25) is 0 Å². The molecule has 0 atom stereocenters. The largest absolute Gasteiger partial charge is 0.316 e. The quantitative estimate of drug-likeness (QED) is 0.512. The number of anilines is 1. The molecule has 108 valence electrons. The Balaban J connectivity index is 2.38. The second-order valence-corrected chi connectivity index (χ2v) is 5.09. The molecule has 0 aliphatic heterocycles. The molecule has 21 heavy (non-hydrogen) atoms. The number of carbonyl (C=O) groups is 1. The first kappa shape index (κ1) is 15.5. The van der Waals surface area contributed by atoms with Gasteiger partial charge in [-0.1, -0.05) is 34.8 Å². The Morgan fingerprint density at radius 1 is 1.24 bits per heavy atom. The minimum Gasteiger partial charge on any atom is -0.316 e. The maximum Gasteiger partial charge on any atom is 0.292 e. The van der Waals surface area contributed by atoms with Crippen LogP contribution < -0.4 is 5.32 Å². The second-order valence-electron chi connectivity index (χ2n) is 3.86. The predicted molar refractivity (Wildman–Crippen MR) is 80.3 cm³/mol. The molecule has 0 bridgehead atoms. The topological polar surface area (TPSA) is 85.1 Å². The molecule has 2 rings (SSSR count). The van der Waals surface area contributed by atoms with E-state index in [0.717, 1.165) is 0 Å². The number of nitro groups is 1. The van der Waals surface area contributed by atoms with Crippen LogP contribution in [-0.2, 0) is 0 Å². The van der Waals surface area contributed by atoms with Gasteiger partial charge in [0, 0.05) is 17.3 Å². The molecule has 1 heterocycles. The number of amides is 1. The first-order valence-electron chi connectivity index (χ1n) is 5.45. The van der Waals surface area contributed by atoms with Gasteiger partial charge in [0.25, 0.3) is 11.6 Å². The number of hydrogen-bond donors (Lipinski definition) is 1. The molecule has 9 heteroatoms. The fourth-order valence-corrected chi connectivity index (χ4v) is 2.06. The molecule has 0 saturated heterocycles. The van der Waals surface area contributed by atoms with E-state index in [0.29, 0.717) is 0 Å². The van der Waals surface area contributed by atoms with Gasteiger partial charge in [0.1, 0.15) is 10.8 Å². The summed E-state index contributed by atoms with van der Waals surface area (Å²) in [5.74, 6) is -0.658. The van der Waals surface area contributed by atoms with Crippen LogP contribution in [0.5, 0.6) is 0 Å². The molecule has 2 aromatic rings. The third-order valence-corrected chi connectivity index (χ3v) is 3.21. The number of benzene rings is 1. The molecule has 1 amide bonds. The highest BCUT2D eigenvalue weighted by atomic mass is 35.5. The van der Waals surface area contributed by atoms with E-state index >= 15 is 0 Å². The third-order valence-electron chi connectivity index (χ3n) is 2.47. The van der Waals surface area contributed by atoms with Crippen LogP contribution in [0, 0.1) is 10.1 Å². The molecule has 1 aromatic carbocycles. The van der Waals surface area contributed by atoms with E-state index in [1.807, 2.05) is 0 Å². The van der Waals surface area contributed by atoms with Gasteiger partial charge in [-0.25, -0.2) is 4.98 Å². The minimum absolute atomic E-state index is 0.0403. The molecule has 1 aromatic heterocycles. The van der Waals surface area contributed by atoms with E-state index in [2.05, 4.69) is 10.3 Å². The van der Waals surface area contributed by atoms with Crippen LogP contribution in [0.4, 0.5) is 11.4 Å². The number of pyridine rings is 1. The van der Waals surface area contributed by atoms with Gasteiger partial charge >= 0.3 is 0 Å². The molecule has 6 nitrogen and oxygen atoms in total. The Morgan fingerprint density at radius 2 is 1.95 bits per heavy atom. The van der Waals surface area contributed by atoms with Gasteiger partial charge in [-0.3, -0.25) is 14.9 Å². The third kappa shape index (κ3) is 3.60.